The smallest absolute Gasteiger partial charge is 0.144 e. The molecule has 1 N–H and O–H groups in total. The van der Waals surface area contributed by atoms with E-state index in [9.17, 15) is 0 Å². The maximum Gasteiger partial charge on any atom is 0.144 e. The first-order valence-electron chi connectivity index (χ1n) is 5.20. The Kier molecular flexibility index (Phi) is 2.12. The van der Waals surface area contributed by atoms with Crippen molar-refractivity contribution < 1.29 is 0 Å². The van der Waals surface area contributed by atoms with Crippen molar-refractivity contribution in [2.45, 2.75) is 20.3 Å². The largest absolute Gasteiger partial charge is 0.292 e. The molecular weight excluding hydrogens is 238 g/mol. The summed E-state index contributed by atoms with van der Waals surface area (Å²) in [6, 6.07) is 4.34. The summed E-state index contributed by atoms with van der Waals surface area (Å²) in [4.78, 5) is 1.32. The molecule has 0 spiro atoms. The molecular formula is C11H11N3S2. The van der Waals surface area contributed by atoms with Crippen LogP contribution in [0.5, 0.6) is 0 Å². The fourth-order valence-corrected chi connectivity index (χ4v) is 3.16. The number of nitrogens with one attached hydrogen (secondary N) is 1. The van der Waals surface area contributed by atoms with E-state index in [1.165, 1.54) is 15.1 Å². The van der Waals surface area contributed by atoms with E-state index in [-0.39, 0.29) is 0 Å². The molecule has 3 aromatic heterocycles. The zero-order valence-electron chi connectivity index (χ0n) is 9.07. The minimum atomic E-state index is 0.707. The van der Waals surface area contributed by atoms with Crippen molar-refractivity contribution >= 4 is 39.3 Å². The van der Waals surface area contributed by atoms with E-state index in [4.69, 9.17) is 12.2 Å². The first-order chi connectivity index (χ1) is 7.70. The van der Waals surface area contributed by atoms with Crippen LogP contribution in [0.4, 0.5) is 0 Å². The van der Waals surface area contributed by atoms with Crippen LogP contribution in [0.25, 0.3) is 15.7 Å². The van der Waals surface area contributed by atoms with Crippen LogP contribution in [-0.2, 0) is 6.42 Å². The van der Waals surface area contributed by atoms with Gasteiger partial charge in [-0.25, -0.2) is 0 Å². The average Bonchev–Trinajstić information content (AvgIpc) is 2.76. The molecule has 0 amide bonds. The molecule has 0 fully saturated rings. The summed E-state index contributed by atoms with van der Waals surface area (Å²) in [7, 11) is 0. The third-order valence-corrected chi connectivity index (χ3v) is 3.99. The average molecular weight is 249 g/mol. The summed E-state index contributed by atoms with van der Waals surface area (Å²) in [6.07, 6.45) is 0.890. The number of aromatic amines is 1. The molecule has 0 unspecified atom stereocenters. The highest BCUT2D eigenvalue weighted by atomic mass is 32.1. The lowest BCUT2D eigenvalue weighted by Crippen LogP contribution is -2.01. The Morgan fingerprint density at radius 2 is 2.25 bits per heavy atom. The molecule has 0 aliphatic carbocycles. The summed E-state index contributed by atoms with van der Waals surface area (Å²) in [5.41, 5.74) is 2.28. The number of fused-ring (bicyclic) bond motifs is 3. The van der Waals surface area contributed by atoms with Gasteiger partial charge in [-0.05, 0) is 19.1 Å². The molecule has 0 bridgehead atoms. The number of hydrogen-bond acceptors (Lipinski definition) is 3. The van der Waals surface area contributed by atoms with Crippen molar-refractivity contribution in [2.24, 2.45) is 0 Å². The number of hydrogen-bond donors (Lipinski definition) is 1. The quantitative estimate of drug-likeness (QED) is 0.670. The van der Waals surface area contributed by atoms with E-state index in [0.29, 0.717) is 4.64 Å². The number of aromatic nitrogens is 3. The zero-order chi connectivity index (χ0) is 11.3. The van der Waals surface area contributed by atoms with Crippen molar-refractivity contribution in [2.75, 3.05) is 0 Å². The van der Waals surface area contributed by atoms with Crippen molar-refractivity contribution in [1.29, 1.82) is 0 Å². The number of nitrogens with zero attached hydrogens (tertiary/aromatic N) is 2. The third kappa shape index (κ3) is 1.25. The molecule has 0 saturated heterocycles. The maximum absolute atomic E-state index is 5.27. The molecule has 0 aliphatic heterocycles. The second-order valence-electron chi connectivity index (χ2n) is 3.79. The second kappa shape index (κ2) is 3.40. The Balaban J connectivity index is 2.61. The van der Waals surface area contributed by atoms with E-state index in [2.05, 4.69) is 40.6 Å². The number of H-pyrrole nitrogens is 1. The van der Waals surface area contributed by atoms with Gasteiger partial charge in [0, 0.05) is 11.3 Å². The Morgan fingerprint density at radius 3 is 3.00 bits per heavy atom. The summed E-state index contributed by atoms with van der Waals surface area (Å²) in [6.45, 7) is 4.23. The van der Waals surface area contributed by atoms with Crippen LogP contribution in [0.2, 0.25) is 0 Å². The molecule has 5 heteroatoms. The van der Waals surface area contributed by atoms with Gasteiger partial charge in [0.15, 0.2) is 0 Å². The van der Waals surface area contributed by atoms with Gasteiger partial charge >= 0.3 is 0 Å². The van der Waals surface area contributed by atoms with E-state index in [1.807, 2.05) is 0 Å². The van der Waals surface area contributed by atoms with Gasteiger partial charge in [0.1, 0.15) is 10.5 Å². The summed E-state index contributed by atoms with van der Waals surface area (Å²) in [5, 5.41) is 7.20. The molecule has 3 rings (SSSR count). The molecule has 0 atom stereocenters. The fraction of sp³-hybridized carbons (Fsp3) is 0.273. The fourth-order valence-electron chi connectivity index (χ4n) is 2.02. The third-order valence-electron chi connectivity index (χ3n) is 2.71. The van der Waals surface area contributed by atoms with Crippen molar-refractivity contribution in [1.82, 2.24) is 14.6 Å². The van der Waals surface area contributed by atoms with Crippen molar-refractivity contribution in [3.8, 4) is 0 Å². The van der Waals surface area contributed by atoms with Crippen LogP contribution in [0.15, 0.2) is 12.1 Å². The highest BCUT2D eigenvalue weighted by Crippen LogP contribution is 2.29. The zero-order valence-corrected chi connectivity index (χ0v) is 10.7. The topological polar surface area (TPSA) is 33.1 Å². The van der Waals surface area contributed by atoms with Gasteiger partial charge in [-0.1, -0.05) is 19.1 Å². The molecule has 0 saturated carbocycles. The van der Waals surface area contributed by atoms with Crippen LogP contribution in [0, 0.1) is 11.6 Å². The Bertz CT molecular complexity index is 733. The van der Waals surface area contributed by atoms with Gasteiger partial charge < -0.3 is 0 Å². The highest BCUT2D eigenvalue weighted by molar-refractivity contribution is 7.71. The van der Waals surface area contributed by atoms with Gasteiger partial charge in [-0.3, -0.25) is 9.50 Å². The van der Waals surface area contributed by atoms with Gasteiger partial charge in [-0.2, -0.15) is 5.10 Å². The van der Waals surface area contributed by atoms with E-state index < -0.39 is 0 Å². The van der Waals surface area contributed by atoms with Crippen LogP contribution in [0.3, 0.4) is 0 Å². The summed E-state index contributed by atoms with van der Waals surface area (Å²) < 4.78 is 4.15. The minimum absolute atomic E-state index is 0.707. The van der Waals surface area contributed by atoms with Crippen LogP contribution in [0.1, 0.15) is 17.6 Å². The van der Waals surface area contributed by atoms with E-state index >= 15 is 0 Å². The molecule has 3 heterocycles. The Morgan fingerprint density at radius 1 is 1.44 bits per heavy atom. The molecule has 0 radical (unpaired) electrons. The molecule has 3 nitrogen and oxygen atoms in total. The predicted molar refractivity (Wildman–Crippen MR) is 69.9 cm³/mol. The lowest BCUT2D eigenvalue weighted by Gasteiger charge is -2.02. The molecule has 16 heavy (non-hydrogen) atoms. The van der Waals surface area contributed by atoms with Gasteiger partial charge in [0.05, 0.1) is 15.7 Å². The standard InChI is InChI=1S/C11H11N3S2/c1-3-10-12-13-11(15)8-5-9-7(14(8)10)4-6(2)16-9/h4-5H,3H2,1-2H3,(H,13,15). The molecule has 0 aliphatic rings. The van der Waals surface area contributed by atoms with Crippen LogP contribution < -0.4 is 0 Å². The van der Waals surface area contributed by atoms with E-state index in [0.717, 1.165) is 17.8 Å². The molecule has 0 aromatic carbocycles. The van der Waals surface area contributed by atoms with E-state index in [1.54, 1.807) is 11.3 Å². The van der Waals surface area contributed by atoms with Crippen LogP contribution in [-0.4, -0.2) is 14.6 Å². The van der Waals surface area contributed by atoms with Gasteiger partial charge in [-0.15, -0.1) is 11.3 Å². The van der Waals surface area contributed by atoms with Gasteiger partial charge in [0.25, 0.3) is 0 Å². The molecule has 82 valence electrons. The van der Waals surface area contributed by atoms with Crippen molar-refractivity contribution in [3.05, 3.63) is 27.5 Å². The highest BCUT2D eigenvalue weighted by Gasteiger charge is 2.10. The number of rotatable bonds is 1. The Labute approximate surface area is 102 Å². The monoisotopic (exact) mass is 249 g/mol. The minimum Gasteiger partial charge on any atom is -0.292 e. The maximum atomic E-state index is 5.27. The Hall–Kier alpha value is -1.20. The molecule has 3 aromatic rings. The summed E-state index contributed by atoms with van der Waals surface area (Å²) >= 11 is 7.06. The first kappa shape index (κ1) is 9.99. The van der Waals surface area contributed by atoms with Crippen LogP contribution >= 0.6 is 23.6 Å². The number of aryl methyl sites for hydroxylation is 2. The SMILES string of the molecule is CCc1n[nH]c(=S)c2cc3sc(C)cc3n12. The normalized spacial score (nSPS) is 11.6. The predicted octanol–water partition coefficient (Wildman–Crippen LogP) is 3.48. The second-order valence-corrected chi connectivity index (χ2v) is 5.49. The summed E-state index contributed by atoms with van der Waals surface area (Å²) in [5.74, 6) is 1.02. The van der Waals surface area contributed by atoms with Crippen molar-refractivity contribution in [3.63, 3.8) is 0 Å². The van der Waals surface area contributed by atoms with Gasteiger partial charge in [0.2, 0.25) is 0 Å². The number of thiophene rings is 1. The lowest BCUT2D eigenvalue weighted by atomic mass is 10.4. The lowest BCUT2D eigenvalue weighted by molar-refractivity contribution is 0.830. The first-order valence-corrected chi connectivity index (χ1v) is 6.42.